The van der Waals surface area contributed by atoms with Gasteiger partial charge in [-0.3, -0.25) is 0 Å². The molecule has 0 aliphatic heterocycles. The minimum Gasteiger partial charge on any atom is -0.325 e. The van der Waals surface area contributed by atoms with Gasteiger partial charge in [-0.2, -0.15) is 0 Å². The summed E-state index contributed by atoms with van der Waals surface area (Å²) in [5.74, 6) is 2.94. The van der Waals surface area contributed by atoms with E-state index in [1.54, 1.807) is 0 Å². The number of nitrogens with two attached hydrogens (primary N) is 1. The summed E-state index contributed by atoms with van der Waals surface area (Å²) in [5, 5.41) is 0. The first-order valence-corrected chi connectivity index (χ1v) is 5.57. The highest BCUT2D eigenvalue weighted by atomic mass is 35.5. The fraction of sp³-hybridized carbons (Fsp3) is 1.00. The molecule has 0 heterocycles. The molecule has 4 aliphatic carbocycles. The van der Waals surface area contributed by atoms with Crippen LogP contribution in [0.15, 0.2) is 0 Å². The first-order chi connectivity index (χ1) is 5.78. The fourth-order valence-corrected chi connectivity index (χ4v) is 4.29. The van der Waals surface area contributed by atoms with Gasteiger partial charge in [0.25, 0.3) is 0 Å². The largest absolute Gasteiger partial charge is 0.325 e. The molecule has 4 rings (SSSR count). The van der Waals surface area contributed by atoms with Crippen molar-refractivity contribution in [1.82, 2.24) is 0 Å². The Balaban J connectivity index is 0.000000653. The van der Waals surface area contributed by atoms with Crippen LogP contribution in [0.1, 0.15) is 44.9 Å². The maximum atomic E-state index is 6.49. The van der Waals surface area contributed by atoms with Crippen LogP contribution in [0, 0.1) is 17.8 Å². The Morgan fingerprint density at radius 3 is 2.62 bits per heavy atom. The average Bonchev–Trinajstić information content (AvgIpc) is 2.03. The zero-order valence-corrected chi connectivity index (χ0v) is 8.98. The molecule has 2 N–H and O–H groups in total. The predicted octanol–water partition coefficient (Wildman–Crippen LogP) is 2.73. The van der Waals surface area contributed by atoms with Crippen LogP contribution in [0.4, 0.5) is 0 Å². The van der Waals surface area contributed by atoms with E-state index in [0.717, 1.165) is 17.8 Å². The minimum atomic E-state index is 0. The van der Waals surface area contributed by atoms with E-state index in [1.807, 2.05) is 0 Å². The summed E-state index contributed by atoms with van der Waals surface area (Å²) in [6.45, 7) is 0. The van der Waals surface area contributed by atoms with Gasteiger partial charge in [-0.25, -0.2) is 0 Å². The van der Waals surface area contributed by atoms with Gasteiger partial charge >= 0.3 is 0 Å². The second kappa shape index (κ2) is 3.13. The summed E-state index contributed by atoms with van der Waals surface area (Å²) in [6, 6.07) is 0. The minimum absolute atomic E-state index is 0. The molecule has 0 aromatic rings. The lowest BCUT2D eigenvalue weighted by Gasteiger charge is -2.57. The normalized spacial score (nSPS) is 52.8. The van der Waals surface area contributed by atoms with E-state index in [0.29, 0.717) is 5.54 Å². The summed E-state index contributed by atoms with van der Waals surface area (Å²) < 4.78 is 0. The standard InChI is InChI=1S/C11H19N.ClH/c12-11-5-1-2-9-6-8(7-11)3-4-10(9)11;/h8-10H,1-7,12H2;1H. The molecule has 4 bridgehead atoms. The molecule has 4 saturated carbocycles. The maximum Gasteiger partial charge on any atom is 0.0188 e. The third-order valence-corrected chi connectivity index (χ3v) is 4.72. The Kier molecular flexibility index (Phi) is 2.36. The van der Waals surface area contributed by atoms with E-state index in [4.69, 9.17) is 5.73 Å². The molecule has 2 heteroatoms. The van der Waals surface area contributed by atoms with E-state index in [2.05, 4.69) is 0 Å². The molecule has 0 spiro atoms. The Hall–Kier alpha value is 0.250. The van der Waals surface area contributed by atoms with Crippen molar-refractivity contribution in [1.29, 1.82) is 0 Å². The van der Waals surface area contributed by atoms with Gasteiger partial charge in [0.2, 0.25) is 0 Å². The lowest BCUT2D eigenvalue weighted by atomic mass is 9.51. The maximum absolute atomic E-state index is 6.49. The number of rotatable bonds is 0. The zero-order valence-electron chi connectivity index (χ0n) is 8.17. The third kappa shape index (κ3) is 1.32. The van der Waals surface area contributed by atoms with E-state index < -0.39 is 0 Å². The monoisotopic (exact) mass is 201 g/mol. The highest BCUT2D eigenvalue weighted by molar-refractivity contribution is 5.85. The summed E-state index contributed by atoms with van der Waals surface area (Å²) in [5.41, 5.74) is 6.78. The van der Waals surface area contributed by atoms with Gasteiger partial charge < -0.3 is 5.73 Å². The highest BCUT2D eigenvalue weighted by Crippen LogP contribution is 2.55. The van der Waals surface area contributed by atoms with Crippen molar-refractivity contribution in [2.24, 2.45) is 23.5 Å². The molecular formula is C11H20ClN. The molecule has 13 heavy (non-hydrogen) atoms. The highest BCUT2D eigenvalue weighted by Gasteiger charge is 2.51. The van der Waals surface area contributed by atoms with Gasteiger partial charge in [0, 0.05) is 5.54 Å². The van der Waals surface area contributed by atoms with Crippen LogP contribution in [0.25, 0.3) is 0 Å². The predicted molar refractivity (Wildman–Crippen MR) is 57.0 cm³/mol. The molecule has 4 unspecified atom stereocenters. The average molecular weight is 202 g/mol. The van der Waals surface area contributed by atoms with Crippen molar-refractivity contribution < 1.29 is 0 Å². The van der Waals surface area contributed by atoms with Crippen LogP contribution >= 0.6 is 12.4 Å². The smallest absolute Gasteiger partial charge is 0.0188 e. The van der Waals surface area contributed by atoms with Gasteiger partial charge in [0.15, 0.2) is 0 Å². The van der Waals surface area contributed by atoms with Crippen molar-refractivity contribution in [3.8, 4) is 0 Å². The Labute approximate surface area is 86.9 Å². The van der Waals surface area contributed by atoms with Gasteiger partial charge in [-0.15, -0.1) is 12.4 Å². The van der Waals surface area contributed by atoms with Crippen molar-refractivity contribution in [2.45, 2.75) is 50.5 Å². The second-order valence-electron chi connectivity index (χ2n) is 5.38. The van der Waals surface area contributed by atoms with E-state index in [9.17, 15) is 0 Å². The molecule has 0 aromatic carbocycles. The zero-order chi connectivity index (χ0) is 8.18. The van der Waals surface area contributed by atoms with Crippen LogP contribution in [-0.4, -0.2) is 5.54 Å². The molecule has 0 saturated heterocycles. The van der Waals surface area contributed by atoms with Gasteiger partial charge in [0.05, 0.1) is 0 Å². The van der Waals surface area contributed by atoms with E-state index >= 15 is 0 Å². The van der Waals surface area contributed by atoms with Crippen molar-refractivity contribution in [3.05, 3.63) is 0 Å². The van der Waals surface area contributed by atoms with E-state index in [-0.39, 0.29) is 12.4 Å². The number of hydrogen-bond donors (Lipinski definition) is 1. The van der Waals surface area contributed by atoms with Crippen LogP contribution in [0.3, 0.4) is 0 Å². The molecular weight excluding hydrogens is 182 g/mol. The summed E-state index contributed by atoms with van der Waals surface area (Å²) in [7, 11) is 0. The SMILES string of the molecule is Cl.NC12CCCC3CC(CCC31)C2. The molecule has 0 aromatic heterocycles. The van der Waals surface area contributed by atoms with Crippen molar-refractivity contribution in [3.63, 3.8) is 0 Å². The summed E-state index contributed by atoms with van der Waals surface area (Å²) >= 11 is 0. The second-order valence-corrected chi connectivity index (χ2v) is 5.38. The van der Waals surface area contributed by atoms with Gasteiger partial charge in [0.1, 0.15) is 0 Å². The summed E-state index contributed by atoms with van der Waals surface area (Å²) in [6.07, 6.45) is 10.0. The molecule has 0 radical (unpaired) electrons. The van der Waals surface area contributed by atoms with Gasteiger partial charge in [-0.05, 0) is 43.4 Å². The van der Waals surface area contributed by atoms with Crippen LogP contribution in [0.5, 0.6) is 0 Å². The van der Waals surface area contributed by atoms with Crippen LogP contribution in [0.2, 0.25) is 0 Å². The molecule has 4 atom stereocenters. The quantitative estimate of drug-likeness (QED) is 0.641. The molecule has 76 valence electrons. The van der Waals surface area contributed by atoms with Gasteiger partial charge in [-0.1, -0.05) is 19.3 Å². The number of fused-ring (bicyclic) bond motifs is 1. The van der Waals surface area contributed by atoms with E-state index in [1.165, 1.54) is 44.9 Å². The lowest BCUT2D eigenvalue weighted by Crippen LogP contribution is -2.59. The molecule has 4 fully saturated rings. The molecule has 4 aliphatic rings. The topological polar surface area (TPSA) is 26.0 Å². The first kappa shape index (κ1) is 9.79. The Bertz CT molecular complexity index is 206. The van der Waals surface area contributed by atoms with Crippen LogP contribution in [-0.2, 0) is 0 Å². The first-order valence-electron chi connectivity index (χ1n) is 5.57. The Morgan fingerprint density at radius 2 is 2.00 bits per heavy atom. The fourth-order valence-electron chi connectivity index (χ4n) is 4.29. The molecule has 0 amide bonds. The van der Waals surface area contributed by atoms with Crippen LogP contribution < -0.4 is 5.73 Å². The number of hydrogen-bond acceptors (Lipinski definition) is 1. The molecule has 1 nitrogen and oxygen atoms in total. The van der Waals surface area contributed by atoms with Crippen molar-refractivity contribution >= 4 is 12.4 Å². The van der Waals surface area contributed by atoms with Crippen molar-refractivity contribution in [2.75, 3.05) is 0 Å². The summed E-state index contributed by atoms with van der Waals surface area (Å²) in [4.78, 5) is 0. The third-order valence-electron chi connectivity index (χ3n) is 4.72. The number of halogens is 1. The Morgan fingerprint density at radius 1 is 1.15 bits per heavy atom. The lowest BCUT2D eigenvalue weighted by molar-refractivity contribution is -0.0223.